The normalized spacial score (nSPS) is 12.8. The summed E-state index contributed by atoms with van der Waals surface area (Å²) in [5, 5.41) is 4.82. The van der Waals surface area contributed by atoms with Crippen molar-refractivity contribution in [3.05, 3.63) is 247 Å². The first-order valence-electron chi connectivity index (χ1n) is 20.6. The van der Waals surface area contributed by atoms with Gasteiger partial charge in [0, 0.05) is 33.2 Å². The Bertz CT molecular complexity index is 3300. The van der Waals surface area contributed by atoms with Gasteiger partial charge in [-0.05, 0) is 105 Å². The van der Waals surface area contributed by atoms with E-state index in [1.807, 2.05) is 12.1 Å². The molecule has 1 aliphatic rings. The Morgan fingerprint density at radius 1 is 0.350 bits per heavy atom. The van der Waals surface area contributed by atoms with Crippen molar-refractivity contribution in [1.29, 1.82) is 0 Å². The highest BCUT2D eigenvalue weighted by molar-refractivity contribution is 6.13. The van der Waals surface area contributed by atoms with E-state index in [-0.39, 0.29) is 0 Å². The number of hydrogen-bond acceptors (Lipinski definition) is 2. The third-order valence-electron chi connectivity index (χ3n) is 12.4. The van der Waals surface area contributed by atoms with Gasteiger partial charge < -0.3 is 4.57 Å². The molecule has 3 nitrogen and oxygen atoms in total. The lowest BCUT2D eigenvalue weighted by Gasteiger charge is -2.34. The van der Waals surface area contributed by atoms with E-state index in [2.05, 4.69) is 217 Å². The fourth-order valence-corrected chi connectivity index (χ4v) is 9.77. The van der Waals surface area contributed by atoms with E-state index in [1.54, 1.807) is 0 Å². The molecule has 12 rings (SSSR count). The van der Waals surface area contributed by atoms with Crippen molar-refractivity contribution >= 4 is 32.6 Å². The molecule has 60 heavy (non-hydrogen) atoms. The molecule has 0 N–H and O–H groups in total. The molecule has 0 atom stereocenters. The smallest absolute Gasteiger partial charge is 0.160 e. The number of rotatable bonds is 6. The van der Waals surface area contributed by atoms with Crippen LogP contribution in [0.4, 0.5) is 0 Å². The average Bonchev–Trinajstić information content (AvgIpc) is 3.80. The molecule has 0 unspecified atom stereocenters. The first-order chi connectivity index (χ1) is 29.7. The van der Waals surface area contributed by atoms with Gasteiger partial charge in [-0.1, -0.05) is 164 Å². The largest absolute Gasteiger partial charge is 0.309 e. The summed E-state index contributed by atoms with van der Waals surface area (Å²) in [6.45, 7) is 0. The Morgan fingerprint density at radius 3 is 1.43 bits per heavy atom. The minimum atomic E-state index is -0.548. The standard InChI is InChI=1S/C57H37N3/c1-6-18-38(19-7-1)52-37-53(39-20-8-2-9-21-39)59-56(58-52)42-30-31-54-48(33-42)49-35-47-46-32-40-22-16-17-23-41(40)34-50(46)57(43-24-10-3-11-25-43,44-26-12-4-13-27-44)51(47)36-55(49)60(54)45-28-14-5-15-29-45/h1-37H. The van der Waals surface area contributed by atoms with Crippen LogP contribution < -0.4 is 0 Å². The molecule has 3 heteroatoms. The molecule has 0 radical (unpaired) electrons. The highest BCUT2D eigenvalue weighted by Gasteiger charge is 2.46. The van der Waals surface area contributed by atoms with Crippen LogP contribution in [0, 0.1) is 0 Å². The van der Waals surface area contributed by atoms with E-state index in [0.717, 1.165) is 50.2 Å². The van der Waals surface area contributed by atoms with Crippen LogP contribution in [0.3, 0.4) is 0 Å². The quantitative estimate of drug-likeness (QED) is 0.169. The summed E-state index contributed by atoms with van der Waals surface area (Å²) in [4.78, 5) is 10.5. The minimum absolute atomic E-state index is 0.548. The molecular weight excluding hydrogens is 727 g/mol. The fourth-order valence-electron chi connectivity index (χ4n) is 9.77. The topological polar surface area (TPSA) is 30.7 Å². The van der Waals surface area contributed by atoms with Crippen molar-refractivity contribution in [1.82, 2.24) is 14.5 Å². The van der Waals surface area contributed by atoms with Gasteiger partial charge in [-0.3, -0.25) is 0 Å². The Balaban J connectivity index is 1.18. The number of benzene rings is 9. The zero-order valence-corrected chi connectivity index (χ0v) is 32.7. The van der Waals surface area contributed by atoms with Gasteiger partial charge in [0.05, 0.1) is 27.8 Å². The lowest BCUT2D eigenvalue weighted by atomic mass is 9.67. The van der Waals surface area contributed by atoms with Crippen LogP contribution in [-0.4, -0.2) is 14.5 Å². The van der Waals surface area contributed by atoms with Gasteiger partial charge in [0.25, 0.3) is 0 Å². The van der Waals surface area contributed by atoms with Gasteiger partial charge in [0.1, 0.15) is 0 Å². The molecule has 0 amide bonds. The Kier molecular flexibility index (Phi) is 7.76. The second kappa shape index (κ2) is 13.6. The maximum atomic E-state index is 5.24. The number of nitrogens with zero attached hydrogens (tertiary/aromatic N) is 3. The van der Waals surface area contributed by atoms with Gasteiger partial charge in [-0.25, -0.2) is 9.97 Å². The van der Waals surface area contributed by atoms with Crippen LogP contribution in [0.15, 0.2) is 224 Å². The van der Waals surface area contributed by atoms with Gasteiger partial charge in [-0.15, -0.1) is 0 Å². The van der Waals surface area contributed by atoms with E-state index in [0.29, 0.717) is 5.82 Å². The SMILES string of the molecule is c1ccc(-c2cc(-c3ccccc3)nc(-c3ccc4c(c3)c3cc5c(cc3n4-c3ccccc3)C(c3ccccc3)(c3ccccc3)c3cc4ccccc4cc3-5)n2)cc1. The maximum Gasteiger partial charge on any atom is 0.160 e. The van der Waals surface area contributed by atoms with Crippen molar-refractivity contribution in [2.45, 2.75) is 5.41 Å². The maximum absolute atomic E-state index is 5.24. The van der Waals surface area contributed by atoms with E-state index in [9.17, 15) is 0 Å². The van der Waals surface area contributed by atoms with Gasteiger partial charge in [-0.2, -0.15) is 0 Å². The molecule has 0 saturated heterocycles. The molecule has 0 bridgehead atoms. The lowest BCUT2D eigenvalue weighted by Crippen LogP contribution is -2.28. The molecule has 1 aliphatic carbocycles. The molecule has 11 aromatic rings. The van der Waals surface area contributed by atoms with Crippen LogP contribution in [-0.2, 0) is 5.41 Å². The monoisotopic (exact) mass is 763 g/mol. The van der Waals surface area contributed by atoms with E-state index >= 15 is 0 Å². The zero-order chi connectivity index (χ0) is 39.6. The molecule has 0 aliphatic heterocycles. The van der Waals surface area contributed by atoms with Gasteiger partial charge in [0.2, 0.25) is 0 Å². The van der Waals surface area contributed by atoms with Crippen molar-refractivity contribution in [3.8, 4) is 50.7 Å². The molecule has 9 aromatic carbocycles. The van der Waals surface area contributed by atoms with Gasteiger partial charge >= 0.3 is 0 Å². The average molecular weight is 764 g/mol. The summed E-state index contributed by atoms with van der Waals surface area (Å²) in [7, 11) is 0. The predicted molar refractivity (Wildman–Crippen MR) is 247 cm³/mol. The molecule has 2 aromatic heterocycles. The summed E-state index contributed by atoms with van der Waals surface area (Å²) in [5.41, 5.74) is 15.3. The van der Waals surface area contributed by atoms with E-state index in [4.69, 9.17) is 9.97 Å². The number of hydrogen-bond donors (Lipinski definition) is 0. The third kappa shape index (κ3) is 5.23. The molecule has 0 fully saturated rings. The molecule has 0 spiro atoms. The summed E-state index contributed by atoms with van der Waals surface area (Å²) in [6, 6.07) is 81.2. The summed E-state index contributed by atoms with van der Waals surface area (Å²) in [6.07, 6.45) is 0. The lowest BCUT2D eigenvalue weighted by molar-refractivity contribution is 0.770. The Morgan fingerprint density at radius 2 is 0.833 bits per heavy atom. The Hall–Kier alpha value is -7.88. The minimum Gasteiger partial charge on any atom is -0.309 e. The Labute approximate surface area is 348 Å². The van der Waals surface area contributed by atoms with Crippen LogP contribution in [0.2, 0.25) is 0 Å². The molecular formula is C57H37N3. The zero-order valence-electron chi connectivity index (χ0n) is 32.7. The van der Waals surface area contributed by atoms with Crippen molar-refractivity contribution in [2.75, 3.05) is 0 Å². The van der Waals surface area contributed by atoms with E-state index < -0.39 is 5.41 Å². The second-order valence-corrected chi connectivity index (χ2v) is 15.7. The number of fused-ring (bicyclic) bond motifs is 7. The van der Waals surface area contributed by atoms with Crippen molar-refractivity contribution in [2.24, 2.45) is 0 Å². The van der Waals surface area contributed by atoms with Gasteiger partial charge in [0.15, 0.2) is 5.82 Å². The molecule has 2 heterocycles. The second-order valence-electron chi connectivity index (χ2n) is 15.7. The molecule has 0 saturated carbocycles. The predicted octanol–water partition coefficient (Wildman–Crippen LogP) is 14.1. The first-order valence-corrected chi connectivity index (χ1v) is 20.6. The molecule has 280 valence electrons. The van der Waals surface area contributed by atoms with Crippen LogP contribution in [0.5, 0.6) is 0 Å². The fraction of sp³-hybridized carbons (Fsp3) is 0.0175. The first kappa shape index (κ1) is 34.2. The van der Waals surface area contributed by atoms with Crippen LogP contribution >= 0.6 is 0 Å². The van der Waals surface area contributed by atoms with Crippen molar-refractivity contribution in [3.63, 3.8) is 0 Å². The highest BCUT2D eigenvalue weighted by Crippen LogP contribution is 2.58. The van der Waals surface area contributed by atoms with E-state index in [1.165, 1.54) is 49.5 Å². The van der Waals surface area contributed by atoms with Crippen LogP contribution in [0.25, 0.3) is 83.3 Å². The highest BCUT2D eigenvalue weighted by atomic mass is 15.0. The summed E-state index contributed by atoms with van der Waals surface area (Å²) < 4.78 is 2.44. The van der Waals surface area contributed by atoms with Crippen molar-refractivity contribution < 1.29 is 0 Å². The summed E-state index contributed by atoms with van der Waals surface area (Å²) >= 11 is 0. The number of aromatic nitrogens is 3. The third-order valence-corrected chi connectivity index (χ3v) is 12.4. The van der Waals surface area contributed by atoms with Crippen LogP contribution in [0.1, 0.15) is 22.3 Å². The number of para-hydroxylation sites is 1. The summed E-state index contributed by atoms with van der Waals surface area (Å²) in [5.74, 6) is 0.697.